The lowest BCUT2D eigenvalue weighted by molar-refractivity contribution is -0.184. The summed E-state index contributed by atoms with van der Waals surface area (Å²) in [4.78, 5) is 12.0. The fraction of sp³-hybridized carbons (Fsp3) is 0.929. The topological polar surface area (TPSA) is 55.1 Å². The fourth-order valence-corrected chi connectivity index (χ4v) is 3.10. The van der Waals surface area contributed by atoms with Crippen LogP contribution in [0.2, 0.25) is 0 Å². The van der Waals surface area contributed by atoms with Gasteiger partial charge in [-0.05, 0) is 56.9 Å². The molecular weight excluding hydrogens is 269 g/mol. The molecule has 1 amide bonds. The summed E-state index contributed by atoms with van der Waals surface area (Å²) >= 11 is 0. The number of amides is 1. The highest BCUT2D eigenvalue weighted by molar-refractivity contribution is 5.78. The normalized spacial score (nSPS) is 29.0. The zero-order valence-electron chi connectivity index (χ0n) is 11.6. The van der Waals surface area contributed by atoms with E-state index >= 15 is 0 Å². The van der Waals surface area contributed by atoms with Gasteiger partial charge in [-0.25, -0.2) is 0 Å². The first kappa shape index (κ1) is 15.6. The predicted octanol–water partition coefficient (Wildman–Crippen LogP) is 2.60. The van der Waals surface area contributed by atoms with Crippen molar-refractivity contribution in [2.45, 2.75) is 51.1 Å². The predicted molar refractivity (Wildman–Crippen MR) is 69.9 cm³/mol. The van der Waals surface area contributed by atoms with Crippen LogP contribution < -0.4 is 11.1 Å². The van der Waals surface area contributed by atoms with E-state index in [1.807, 2.05) is 0 Å². The van der Waals surface area contributed by atoms with Crippen molar-refractivity contribution >= 4 is 5.91 Å². The molecule has 2 fully saturated rings. The van der Waals surface area contributed by atoms with Crippen molar-refractivity contribution < 1.29 is 18.0 Å². The van der Waals surface area contributed by atoms with E-state index in [-0.39, 0.29) is 30.1 Å². The first-order valence-corrected chi connectivity index (χ1v) is 7.41. The molecule has 0 aromatic rings. The third-order valence-electron chi connectivity index (χ3n) is 4.83. The number of halogens is 3. The summed E-state index contributed by atoms with van der Waals surface area (Å²) in [7, 11) is 0. The molecule has 0 radical (unpaired) electrons. The van der Waals surface area contributed by atoms with Crippen LogP contribution in [0.3, 0.4) is 0 Å². The minimum absolute atomic E-state index is 0.0751. The van der Waals surface area contributed by atoms with Crippen LogP contribution in [0, 0.1) is 17.3 Å². The molecule has 0 atom stereocenters. The number of carbonyl (C=O) groups is 1. The molecule has 0 heterocycles. The molecule has 2 aliphatic rings. The summed E-state index contributed by atoms with van der Waals surface area (Å²) in [5, 5.41) is 2.92. The number of alkyl halides is 3. The van der Waals surface area contributed by atoms with Gasteiger partial charge in [-0.2, -0.15) is 13.2 Å². The molecule has 0 saturated heterocycles. The molecule has 6 heteroatoms. The average molecular weight is 292 g/mol. The van der Waals surface area contributed by atoms with Crippen molar-refractivity contribution in [1.29, 1.82) is 0 Å². The van der Waals surface area contributed by atoms with Crippen molar-refractivity contribution in [2.24, 2.45) is 23.0 Å². The van der Waals surface area contributed by atoms with E-state index in [0.717, 1.165) is 19.3 Å². The maximum Gasteiger partial charge on any atom is 0.391 e. The molecule has 0 aliphatic heterocycles. The van der Waals surface area contributed by atoms with Gasteiger partial charge in [0, 0.05) is 12.5 Å². The van der Waals surface area contributed by atoms with Gasteiger partial charge in [-0.3, -0.25) is 4.79 Å². The molecule has 3 N–H and O–H groups in total. The highest BCUT2D eigenvalue weighted by atomic mass is 19.4. The third-order valence-corrected chi connectivity index (χ3v) is 4.83. The quantitative estimate of drug-likeness (QED) is 0.818. The third kappa shape index (κ3) is 3.87. The highest BCUT2D eigenvalue weighted by Crippen LogP contribution is 2.48. The Kier molecular flexibility index (Phi) is 4.62. The number of carbonyl (C=O) groups excluding carboxylic acids is 1. The zero-order valence-corrected chi connectivity index (χ0v) is 11.6. The molecule has 0 aromatic carbocycles. The molecule has 20 heavy (non-hydrogen) atoms. The van der Waals surface area contributed by atoms with Crippen LogP contribution in [0.4, 0.5) is 13.2 Å². The van der Waals surface area contributed by atoms with Crippen molar-refractivity contribution in [3.8, 4) is 0 Å². The molecule has 0 spiro atoms. The van der Waals surface area contributed by atoms with Crippen LogP contribution in [0.1, 0.15) is 44.9 Å². The van der Waals surface area contributed by atoms with Crippen LogP contribution in [0.5, 0.6) is 0 Å². The Bertz CT molecular complexity index is 345. The molecular formula is C14H23F3N2O. The second kappa shape index (κ2) is 5.92. The summed E-state index contributed by atoms with van der Waals surface area (Å²) in [6.45, 7) is 1.24. The molecule has 0 unspecified atom stereocenters. The Morgan fingerprint density at radius 1 is 1.20 bits per heavy atom. The molecule has 0 bridgehead atoms. The Balaban J connectivity index is 1.72. The lowest BCUT2D eigenvalue weighted by Gasteiger charge is -2.29. The van der Waals surface area contributed by atoms with E-state index in [1.165, 1.54) is 0 Å². The molecule has 2 saturated carbocycles. The van der Waals surface area contributed by atoms with Crippen molar-refractivity contribution in [1.82, 2.24) is 5.32 Å². The largest absolute Gasteiger partial charge is 0.391 e. The lowest BCUT2D eigenvalue weighted by atomic mass is 9.81. The fourth-order valence-electron chi connectivity index (χ4n) is 3.10. The van der Waals surface area contributed by atoms with E-state index in [2.05, 4.69) is 5.32 Å². The monoisotopic (exact) mass is 292 g/mol. The molecule has 2 aliphatic carbocycles. The minimum Gasteiger partial charge on any atom is -0.355 e. The SMILES string of the molecule is NCCC1(CNC(=O)C2CCC(C(F)(F)F)CC2)CC1. The first-order chi connectivity index (χ1) is 9.36. The second-order valence-electron chi connectivity index (χ2n) is 6.35. The van der Waals surface area contributed by atoms with E-state index in [1.54, 1.807) is 0 Å². The number of nitrogens with one attached hydrogen (secondary N) is 1. The van der Waals surface area contributed by atoms with Crippen LogP contribution >= 0.6 is 0 Å². The van der Waals surface area contributed by atoms with Gasteiger partial charge in [-0.1, -0.05) is 0 Å². The summed E-state index contributed by atoms with van der Waals surface area (Å²) in [5.74, 6) is -1.55. The number of hydrogen-bond acceptors (Lipinski definition) is 2. The molecule has 116 valence electrons. The highest BCUT2D eigenvalue weighted by Gasteiger charge is 2.44. The van der Waals surface area contributed by atoms with E-state index in [4.69, 9.17) is 5.73 Å². The minimum atomic E-state index is -4.11. The Morgan fingerprint density at radius 2 is 1.80 bits per heavy atom. The number of hydrogen-bond donors (Lipinski definition) is 2. The first-order valence-electron chi connectivity index (χ1n) is 7.41. The summed E-state index contributed by atoms with van der Waals surface area (Å²) in [6, 6.07) is 0. The standard InChI is InChI=1S/C14H23F3N2O/c15-14(16,17)11-3-1-10(2-4-11)12(20)19-9-13(5-6-13)7-8-18/h10-11H,1-9,18H2,(H,19,20). The van der Waals surface area contributed by atoms with Gasteiger partial charge >= 0.3 is 6.18 Å². The van der Waals surface area contributed by atoms with Gasteiger partial charge in [0.2, 0.25) is 5.91 Å². The summed E-state index contributed by atoms with van der Waals surface area (Å²) in [5.41, 5.74) is 5.71. The second-order valence-corrected chi connectivity index (χ2v) is 6.35. The van der Waals surface area contributed by atoms with Gasteiger partial charge in [-0.15, -0.1) is 0 Å². The van der Waals surface area contributed by atoms with Crippen molar-refractivity contribution in [3.05, 3.63) is 0 Å². The van der Waals surface area contributed by atoms with Gasteiger partial charge in [0.1, 0.15) is 0 Å². The summed E-state index contributed by atoms with van der Waals surface area (Å²) < 4.78 is 37.7. The smallest absolute Gasteiger partial charge is 0.355 e. The number of rotatable bonds is 5. The number of nitrogens with two attached hydrogens (primary N) is 1. The van der Waals surface area contributed by atoms with E-state index in [0.29, 0.717) is 25.9 Å². The molecule has 2 rings (SSSR count). The van der Waals surface area contributed by atoms with Crippen LogP contribution in [0.25, 0.3) is 0 Å². The van der Waals surface area contributed by atoms with E-state index in [9.17, 15) is 18.0 Å². The van der Waals surface area contributed by atoms with Crippen LogP contribution in [-0.4, -0.2) is 25.2 Å². The molecule has 0 aromatic heterocycles. The summed E-state index contributed by atoms with van der Waals surface area (Å²) in [6.07, 6.45) is -0.170. The van der Waals surface area contributed by atoms with Gasteiger partial charge in [0.05, 0.1) is 5.92 Å². The average Bonchev–Trinajstić information content (AvgIpc) is 3.16. The van der Waals surface area contributed by atoms with Gasteiger partial charge in [0.25, 0.3) is 0 Å². The Hall–Kier alpha value is -0.780. The van der Waals surface area contributed by atoms with E-state index < -0.39 is 12.1 Å². The maximum atomic E-state index is 12.6. The zero-order chi connectivity index (χ0) is 14.8. The van der Waals surface area contributed by atoms with Gasteiger partial charge < -0.3 is 11.1 Å². The van der Waals surface area contributed by atoms with Crippen molar-refractivity contribution in [2.75, 3.05) is 13.1 Å². The Labute approximate surface area is 117 Å². The van der Waals surface area contributed by atoms with Crippen LogP contribution in [0.15, 0.2) is 0 Å². The lowest BCUT2D eigenvalue weighted by Crippen LogP contribution is -2.38. The van der Waals surface area contributed by atoms with Crippen LogP contribution in [-0.2, 0) is 4.79 Å². The Morgan fingerprint density at radius 3 is 2.25 bits per heavy atom. The molecule has 3 nitrogen and oxygen atoms in total. The van der Waals surface area contributed by atoms with Gasteiger partial charge in [0.15, 0.2) is 0 Å². The van der Waals surface area contributed by atoms with Crippen molar-refractivity contribution in [3.63, 3.8) is 0 Å². The maximum absolute atomic E-state index is 12.6.